The number of sulfonamides is 1. The third-order valence-electron chi connectivity index (χ3n) is 4.72. The van der Waals surface area contributed by atoms with Crippen molar-refractivity contribution in [3.63, 3.8) is 0 Å². The average Bonchev–Trinajstić information content (AvgIpc) is 2.78. The van der Waals surface area contributed by atoms with E-state index in [4.69, 9.17) is 9.47 Å². The van der Waals surface area contributed by atoms with E-state index >= 15 is 0 Å². The minimum Gasteiger partial charge on any atom is -0.497 e. The van der Waals surface area contributed by atoms with Gasteiger partial charge < -0.3 is 14.8 Å². The Labute approximate surface area is 193 Å². The first-order chi connectivity index (χ1) is 15.7. The number of hydrogen-bond acceptors (Lipinski definition) is 7. The van der Waals surface area contributed by atoms with Crippen molar-refractivity contribution in [1.29, 1.82) is 0 Å². The van der Waals surface area contributed by atoms with Crippen molar-refractivity contribution < 1.29 is 32.3 Å². The SMILES string of the molecule is CCOC(=O)CC(NC(=O)CCNS(=O)(=O)c1ccc(C(C)=O)cc1)c1cccc(OC)c1. The van der Waals surface area contributed by atoms with Crippen LogP contribution in [-0.2, 0) is 24.3 Å². The molecule has 9 nitrogen and oxygen atoms in total. The van der Waals surface area contributed by atoms with Crippen molar-refractivity contribution in [2.75, 3.05) is 20.3 Å². The van der Waals surface area contributed by atoms with Crippen LogP contribution in [0.3, 0.4) is 0 Å². The van der Waals surface area contributed by atoms with Crippen LogP contribution in [-0.4, -0.2) is 46.3 Å². The molecule has 0 aliphatic heterocycles. The van der Waals surface area contributed by atoms with Crippen LogP contribution in [0.15, 0.2) is 53.4 Å². The largest absolute Gasteiger partial charge is 0.497 e. The summed E-state index contributed by atoms with van der Waals surface area (Å²) in [5.74, 6) is -0.516. The van der Waals surface area contributed by atoms with Crippen molar-refractivity contribution in [2.45, 2.75) is 37.6 Å². The van der Waals surface area contributed by atoms with Crippen LogP contribution in [0.2, 0.25) is 0 Å². The number of amides is 1. The second kappa shape index (κ2) is 12.1. The number of carbonyl (C=O) groups is 3. The predicted octanol–water partition coefficient (Wildman–Crippen LogP) is 2.38. The van der Waals surface area contributed by atoms with Crippen molar-refractivity contribution in [1.82, 2.24) is 10.0 Å². The number of benzene rings is 2. The molecule has 0 aliphatic rings. The number of rotatable bonds is 12. The first-order valence-corrected chi connectivity index (χ1v) is 11.8. The molecule has 1 atom stereocenters. The van der Waals surface area contributed by atoms with E-state index in [0.29, 0.717) is 16.9 Å². The molecule has 0 saturated heterocycles. The van der Waals surface area contributed by atoms with Gasteiger partial charge in [0.15, 0.2) is 5.78 Å². The van der Waals surface area contributed by atoms with Crippen LogP contribution >= 0.6 is 0 Å². The number of ether oxygens (including phenoxy) is 2. The van der Waals surface area contributed by atoms with Crippen LogP contribution in [0, 0.1) is 0 Å². The lowest BCUT2D eigenvalue weighted by molar-refractivity contribution is -0.143. The molecule has 0 bridgehead atoms. The topological polar surface area (TPSA) is 128 Å². The number of methoxy groups -OCH3 is 1. The molecule has 0 radical (unpaired) electrons. The number of hydrogen-bond donors (Lipinski definition) is 2. The number of carbonyl (C=O) groups excluding carboxylic acids is 3. The Morgan fingerprint density at radius 3 is 2.36 bits per heavy atom. The summed E-state index contributed by atoms with van der Waals surface area (Å²) in [5, 5.41) is 2.75. The van der Waals surface area contributed by atoms with E-state index in [0.717, 1.165) is 0 Å². The van der Waals surface area contributed by atoms with E-state index in [1.54, 1.807) is 31.2 Å². The van der Waals surface area contributed by atoms with E-state index < -0.39 is 27.9 Å². The lowest BCUT2D eigenvalue weighted by Crippen LogP contribution is -2.34. The molecule has 2 aromatic rings. The van der Waals surface area contributed by atoms with Gasteiger partial charge in [0.2, 0.25) is 15.9 Å². The second-order valence-corrected chi connectivity index (χ2v) is 8.90. The summed E-state index contributed by atoms with van der Waals surface area (Å²) in [6.45, 7) is 3.15. The molecule has 2 N–H and O–H groups in total. The Bertz CT molecular complexity index is 1080. The van der Waals surface area contributed by atoms with Gasteiger partial charge in [-0.15, -0.1) is 0 Å². The maximum atomic E-state index is 12.5. The van der Waals surface area contributed by atoms with Gasteiger partial charge in [-0.2, -0.15) is 0 Å². The molecule has 2 rings (SSSR count). The van der Waals surface area contributed by atoms with Crippen molar-refractivity contribution >= 4 is 27.7 Å². The lowest BCUT2D eigenvalue weighted by atomic mass is 10.0. The van der Waals surface area contributed by atoms with E-state index in [9.17, 15) is 22.8 Å². The predicted molar refractivity (Wildman–Crippen MR) is 121 cm³/mol. The zero-order valence-corrected chi connectivity index (χ0v) is 19.6. The van der Waals surface area contributed by atoms with Gasteiger partial charge >= 0.3 is 5.97 Å². The van der Waals surface area contributed by atoms with Gasteiger partial charge in [0.05, 0.1) is 31.1 Å². The van der Waals surface area contributed by atoms with Gasteiger partial charge in [-0.3, -0.25) is 14.4 Å². The van der Waals surface area contributed by atoms with Crippen molar-refractivity contribution in [2.24, 2.45) is 0 Å². The van der Waals surface area contributed by atoms with Crippen LogP contribution in [0.4, 0.5) is 0 Å². The maximum Gasteiger partial charge on any atom is 0.308 e. The van der Waals surface area contributed by atoms with Crippen LogP contribution in [0.25, 0.3) is 0 Å². The molecule has 0 aliphatic carbocycles. The molecule has 10 heteroatoms. The lowest BCUT2D eigenvalue weighted by Gasteiger charge is -2.19. The quantitative estimate of drug-likeness (QED) is 0.356. The molecule has 0 heterocycles. The highest BCUT2D eigenvalue weighted by molar-refractivity contribution is 7.89. The maximum absolute atomic E-state index is 12.5. The minimum atomic E-state index is -3.85. The standard InChI is InChI=1S/C23H28N2O7S/c1-4-32-23(28)15-21(18-6-5-7-19(14-18)31-3)25-22(27)12-13-24-33(29,30)20-10-8-17(9-11-20)16(2)26/h5-11,14,21,24H,4,12-13,15H2,1-3H3,(H,25,27). The van der Waals surface area contributed by atoms with Crippen LogP contribution in [0.1, 0.15) is 48.7 Å². The normalized spacial score (nSPS) is 12.0. The molecule has 2 aromatic carbocycles. The first kappa shape index (κ1) is 26.0. The van der Waals surface area contributed by atoms with Gasteiger partial charge in [0.25, 0.3) is 0 Å². The molecule has 0 saturated carbocycles. The molecular weight excluding hydrogens is 448 g/mol. The molecule has 0 fully saturated rings. The summed E-state index contributed by atoms with van der Waals surface area (Å²) >= 11 is 0. The Morgan fingerprint density at radius 1 is 1.06 bits per heavy atom. The average molecular weight is 477 g/mol. The van der Waals surface area contributed by atoms with E-state index in [-0.39, 0.29) is 36.7 Å². The number of Topliss-reactive ketones (excluding diaryl/α,β-unsaturated/α-hetero) is 1. The zero-order chi connectivity index (χ0) is 24.4. The Hall–Kier alpha value is -3.24. The third-order valence-corrected chi connectivity index (χ3v) is 6.20. The number of nitrogens with one attached hydrogen (secondary N) is 2. The summed E-state index contributed by atoms with van der Waals surface area (Å²) in [6.07, 6.45) is -0.227. The molecule has 0 spiro atoms. The van der Waals surface area contributed by atoms with Crippen molar-refractivity contribution in [3.8, 4) is 5.75 Å². The van der Waals surface area contributed by atoms with Crippen LogP contribution in [0.5, 0.6) is 5.75 Å². The molecule has 33 heavy (non-hydrogen) atoms. The summed E-state index contributed by atoms with van der Waals surface area (Å²) < 4.78 is 37.4. The highest BCUT2D eigenvalue weighted by Gasteiger charge is 2.21. The summed E-state index contributed by atoms with van der Waals surface area (Å²) in [4.78, 5) is 35.8. The van der Waals surface area contributed by atoms with Gasteiger partial charge in [-0.05, 0) is 43.7 Å². The minimum absolute atomic E-state index is 0.00974. The van der Waals surface area contributed by atoms with E-state index in [1.165, 1.54) is 38.3 Å². The van der Waals surface area contributed by atoms with E-state index in [1.807, 2.05) is 0 Å². The zero-order valence-electron chi connectivity index (χ0n) is 18.8. The molecule has 1 amide bonds. The highest BCUT2D eigenvalue weighted by Crippen LogP contribution is 2.22. The molecule has 178 valence electrons. The van der Waals surface area contributed by atoms with Gasteiger partial charge in [-0.1, -0.05) is 24.3 Å². The fourth-order valence-electron chi connectivity index (χ4n) is 3.01. The Kier molecular flexibility index (Phi) is 9.56. The summed E-state index contributed by atoms with van der Waals surface area (Å²) in [5.41, 5.74) is 1.06. The third kappa shape index (κ3) is 7.99. The summed E-state index contributed by atoms with van der Waals surface area (Å²) in [6, 6.07) is 11.8. The van der Waals surface area contributed by atoms with Gasteiger partial charge in [0.1, 0.15) is 5.75 Å². The summed E-state index contributed by atoms with van der Waals surface area (Å²) in [7, 11) is -2.33. The number of ketones is 1. The van der Waals surface area contributed by atoms with Crippen LogP contribution < -0.4 is 14.8 Å². The highest BCUT2D eigenvalue weighted by atomic mass is 32.2. The Balaban J connectivity index is 2.00. The molecule has 0 aromatic heterocycles. The molecular formula is C23H28N2O7S. The van der Waals surface area contributed by atoms with Crippen molar-refractivity contribution in [3.05, 3.63) is 59.7 Å². The Morgan fingerprint density at radius 2 is 1.76 bits per heavy atom. The first-order valence-electron chi connectivity index (χ1n) is 10.4. The fraction of sp³-hybridized carbons (Fsp3) is 0.348. The number of esters is 1. The van der Waals surface area contributed by atoms with E-state index in [2.05, 4.69) is 10.0 Å². The fourth-order valence-corrected chi connectivity index (χ4v) is 4.05. The van der Waals surface area contributed by atoms with Gasteiger partial charge in [0, 0.05) is 18.5 Å². The van der Waals surface area contributed by atoms with Gasteiger partial charge in [-0.25, -0.2) is 13.1 Å². The smallest absolute Gasteiger partial charge is 0.308 e. The monoisotopic (exact) mass is 476 g/mol. The second-order valence-electron chi connectivity index (χ2n) is 7.13. The molecule has 1 unspecified atom stereocenters.